The molecule has 0 spiro atoms. The fraction of sp³-hybridized carbons (Fsp3) is 0.143. The predicted molar refractivity (Wildman–Crippen MR) is 39.5 cm³/mol. The van der Waals surface area contributed by atoms with E-state index in [1.807, 2.05) is 24.4 Å². The molecule has 2 nitrogen and oxygen atoms in total. The van der Waals surface area contributed by atoms with Crippen LogP contribution in [0.4, 0.5) is 5.82 Å². The summed E-state index contributed by atoms with van der Waals surface area (Å²) >= 11 is 0. The van der Waals surface area contributed by atoms with Crippen molar-refractivity contribution in [3.05, 3.63) is 31.0 Å². The van der Waals surface area contributed by atoms with E-state index in [1.165, 1.54) is 0 Å². The van der Waals surface area contributed by atoms with Crippen LogP contribution in [-0.2, 0) is 0 Å². The summed E-state index contributed by atoms with van der Waals surface area (Å²) in [7, 11) is 0. The van der Waals surface area contributed by atoms with Crippen LogP contribution in [0.1, 0.15) is 0 Å². The highest BCUT2D eigenvalue weighted by Crippen LogP contribution is 1.98. The third-order valence-electron chi connectivity index (χ3n) is 1.03. The van der Waals surface area contributed by atoms with Crippen molar-refractivity contribution >= 4 is 5.82 Å². The maximum Gasteiger partial charge on any atom is 0.103 e. The van der Waals surface area contributed by atoms with Gasteiger partial charge in [-0.2, -0.15) is 0 Å². The minimum absolute atomic E-state index is 0.806. The molecule has 0 saturated carbocycles. The van der Waals surface area contributed by atoms with E-state index in [9.17, 15) is 0 Å². The second-order valence-electron chi connectivity index (χ2n) is 1.75. The highest BCUT2D eigenvalue weighted by atomic mass is 15.0. The van der Waals surface area contributed by atoms with E-state index in [4.69, 9.17) is 0 Å². The van der Waals surface area contributed by atoms with E-state index < -0.39 is 0 Å². The van der Waals surface area contributed by atoms with Gasteiger partial charge in [0.25, 0.3) is 0 Å². The zero-order valence-electron chi connectivity index (χ0n) is 5.22. The Hall–Kier alpha value is -1.18. The number of hydrogen-bond donors (Lipinski definition) is 2. The first kappa shape index (κ1) is 5.95. The average molecular weight is 122 g/mol. The lowest BCUT2D eigenvalue weighted by Gasteiger charge is -1.95. The zero-order chi connectivity index (χ0) is 6.53. The summed E-state index contributed by atoms with van der Waals surface area (Å²) < 4.78 is 0. The molecule has 0 aliphatic rings. The Morgan fingerprint density at radius 3 is 3.22 bits per heavy atom. The van der Waals surface area contributed by atoms with Crippen LogP contribution < -0.4 is 5.32 Å². The van der Waals surface area contributed by atoms with E-state index in [2.05, 4.69) is 16.9 Å². The lowest BCUT2D eigenvalue weighted by Crippen LogP contribution is -1.96. The SMILES string of the molecule is C=CCNc1ccc[nH]1. The smallest absolute Gasteiger partial charge is 0.103 e. The average Bonchev–Trinajstić information content (AvgIpc) is 2.34. The molecule has 0 amide bonds. The third-order valence-corrected chi connectivity index (χ3v) is 1.03. The highest BCUT2D eigenvalue weighted by Gasteiger charge is 1.83. The second kappa shape index (κ2) is 2.97. The number of rotatable bonds is 3. The Balaban J connectivity index is 2.38. The molecule has 2 N–H and O–H groups in total. The van der Waals surface area contributed by atoms with Gasteiger partial charge in [0.2, 0.25) is 0 Å². The molecule has 0 aromatic carbocycles. The quantitative estimate of drug-likeness (QED) is 0.586. The molecule has 2 heteroatoms. The fourth-order valence-electron chi connectivity index (χ4n) is 0.622. The van der Waals surface area contributed by atoms with Crippen LogP contribution in [0, 0.1) is 0 Å². The molecule has 0 fully saturated rings. The van der Waals surface area contributed by atoms with E-state index in [0.29, 0.717) is 0 Å². The molecule has 1 aromatic heterocycles. The van der Waals surface area contributed by atoms with Crippen molar-refractivity contribution in [3.8, 4) is 0 Å². The summed E-state index contributed by atoms with van der Waals surface area (Å²) in [6.45, 7) is 4.39. The molecule has 0 atom stereocenters. The molecular formula is C7H10N2. The van der Waals surface area contributed by atoms with Gasteiger partial charge in [0.05, 0.1) is 0 Å². The predicted octanol–water partition coefficient (Wildman–Crippen LogP) is 1.61. The lowest BCUT2D eigenvalue weighted by molar-refractivity contribution is 1.27. The first-order chi connectivity index (χ1) is 4.43. The molecule has 1 aromatic rings. The van der Waals surface area contributed by atoms with Gasteiger partial charge >= 0.3 is 0 Å². The van der Waals surface area contributed by atoms with Crippen LogP contribution in [0.2, 0.25) is 0 Å². The van der Waals surface area contributed by atoms with Crippen LogP contribution in [0.15, 0.2) is 31.0 Å². The minimum atomic E-state index is 0.806. The number of H-pyrrole nitrogens is 1. The maximum absolute atomic E-state index is 3.58. The molecule has 0 unspecified atom stereocenters. The van der Waals surface area contributed by atoms with Gasteiger partial charge in [0.15, 0.2) is 0 Å². The summed E-state index contributed by atoms with van der Waals surface area (Å²) in [5.41, 5.74) is 0. The Morgan fingerprint density at radius 2 is 2.67 bits per heavy atom. The van der Waals surface area contributed by atoms with Gasteiger partial charge in [-0.1, -0.05) is 6.08 Å². The third kappa shape index (κ3) is 1.64. The van der Waals surface area contributed by atoms with Crippen LogP contribution in [0.25, 0.3) is 0 Å². The zero-order valence-corrected chi connectivity index (χ0v) is 5.22. The molecule has 0 aliphatic carbocycles. The number of hydrogen-bond acceptors (Lipinski definition) is 1. The molecule has 0 aliphatic heterocycles. The molecule has 48 valence electrons. The van der Waals surface area contributed by atoms with Crippen molar-refractivity contribution in [2.24, 2.45) is 0 Å². The Kier molecular flexibility index (Phi) is 1.96. The number of nitrogens with one attached hydrogen (secondary N) is 2. The number of aromatic amines is 1. The summed E-state index contributed by atoms with van der Waals surface area (Å²) in [5.74, 6) is 1.04. The standard InChI is InChI=1S/C7H10N2/c1-2-5-8-7-4-3-6-9-7/h2-4,6,8-9H,1,5H2. The van der Waals surface area contributed by atoms with Gasteiger partial charge in [-0.25, -0.2) is 0 Å². The number of aromatic nitrogens is 1. The van der Waals surface area contributed by atoms with Gasteiger partial charge in [0.1, 0.15) is 5.82 Å². The van der Waals surface area contributed by atoms with Crippen LogP contribution >= 0.6 is 0 Å². The molecule has 1 rings (SSSR count). The molecular weight excluding hydrogens is 112 g/mol. The summed E-state index contributed by atoms with van der Waals surface area (Å²) in [4.78, 5) is 3.01. The van der Waals surface area contributed by atoms with Gasteiger partial charge in [-0.15, -0.1) is 6.58 Å². The molecule has 0 saturated heterocycles. The van der Waals surface area contributed by atoms with Crippen molar-refractivity contribution in [1.82, 2.24) is 4.98 Å². The van der Waals surface area contributed by atoms with E-state index in [1.54, 1.807) is 0 Å². The van der Waals surface area contributed by atoms with E-state index >= 15 is 0 Å². The second-order valence-corrected chi connectivity index (χ2v) is 1.75. The minimum Gasteiger partial charge on any atom is -0.368 e. The van der Waals surface area contributed by atoms with Gasteiger partial charge in [0, 0.05) is 12.7 Å². The number of anilines is 1. The van der Waals surface area contributed by atoms with Crippen LogP contribution in [-0.4, -0.2) is 11.5 Å². The first-order valence-electron chi connectivity index (χ1n) is 2.91. The van der Waals surface area contributed by atoms with Crippen molar-refractivity contribution < 1.29 is 0 Å². The topological polar surface area (TPSA) is 27.8 Å². The van der Waals surface area contributed by atoms with Gasteiger partial charge < -0.3 is 10.3 Å². The van der Waals surface area contributed by atoms with Crippen molar-refractivity contribution in [2.45, 2.75) is 0 Å². The summed E-state index contributed by atoms with van der Waals surface area (Å²) in [5, 5.41) is 3.10. The van der Waals surface area contributed by atoms with Crippen molar-refractivity contribution in [1.29, 1.82) is 0 Å². The Morgan fingerprint density at radius 1 is 1.78 bits per heavy atom. The largest absolute Gasteiger partial charge is 0.368 e. The monoisotopic (exact) mass is 122 g/mol. The first-order valence-corrected chi connectivity index (χ1v) is 2.91. The molecule has 1 heterocycles. The summed E-state index contributed by atoms with van der Waals surface area (Å²) in [6, 6.07) is 3.93. The lowest BCUT2D eigenvalue weighted by atomic mass is 10.5. The van der Waals surface area contributed by atoms with E-state index in [-0.39, 0.29) is 0 Å². The van der Waals surface area contributed by atoms with Crippen LogP contribution in [0.5, 0.6) is 0 Å². The van der Waals surface area contributed by atoms with Crippen molar-refractivity contribution in [2.75, 3.05) is 11.9 Å². The van der Waals surface area contributed by atoms with E-state index in [0.717, 1.165) is 12.4 Å². The maximum atomic E-state index is 3.58. The molecule has 9 heavy (non-hydrogen) atoms. The normalized spacial score (nSPS) is 8.89. The van der Waals surface area contributed by atoms with Crippen molar-refractivity contribution in [3.63, 3.8) is 0 Å². The summed E-state index contributed by atoms with van der Waals surface area (Å²) in [6.07, 6.45) is 3.70. The molecule has 0 radical (unpaired) electrons. The Bertz CT molecular complexity index is 165. The molecule has 0 bridgehead atoms. The highest BCUT2D eigenvalue weighted by molar-refractivity contribution is 5.34. The fourth-order valence-corrected chi connectivity index (χ4v) is 0.622. The van der Waals surface area contributed by atoms with Crippen LogP contribution in [0.3, 0.4) is 0 Å². The van der Waals surface area contributed by atoms with Gasteiger partial charge in [-0.3, -0.25) is 0 Å². The van der Waals surface area contributed by atoms with Gasteiger partial charge in [-0.05, 0) is 12.1 Å². The Labute approximate surface area is 54.6 Å².